The Labute approximate surface area is 119 Å². The first-order valence-electron chi connectivity index (χ1n) is 6.47. The molecule has 0 amide bonds. The van der Waals surface area contributed by atoms with Gasteiger partial charge in [0, 0.05) is 18.3 Å². The third-order valence-corrected chi connectivity index (χ3v) is 5.69. The van der Waals surface area contributed by atoms with Gasteiger partial charge in [0.05, 0.1) is 24.2 Å². The summed E-state index contributed by atoms with van der Waals surface area (Å²) in [6.45, 7) is 3.69. The maximum absolute atomic E-state index is 12.8. The average Bonchev–Trinajstić information content (AvgIpc) is 2.42. The summed E-state index contributed by atoms with van der Waals surface area (Å²) in [4.78, 5) is 0.211. The van der Waals surface area contributed by atoms with Gasteiger partial charge in [-0.25, -0.2) is 8.42 Å². The summed E-state index contributed by atoms with van der Waals surface area (Å²) in [6.07, 6.45) is -0.484. The third kappa shape index (κ3) is 2.67. The summed E-state index contributed by atoms with van der Waals surface area (Å²) in [5.41, 5.74) is 6.78. The lowest BCUT2D eigenvalue weighted by Crippen LogP contribution is -2.51. The second kappa shape index (κ2) is 5.69. The highest BCUT2D eigenvalue weighted by molar-refractivity contribution is 7.89. The van der Waals surface area contributed by atoms with E-state index in [9.17, 15) is 8.42 Å². The molecule has 3 N–H and O–H groups in total. The first-order valence-corrected chi connectivity index (χ1v) is 7.91. The highest BCUT2D eigenvalue weighted by Gasteiger charge is 2.36. The fraction of sp³-hybridized carbons (Fsp3) is 0.538. The minimum atomic E-state index is -3.65. The Hall–Kier alpha value is -1.15. The number of hydrogen-bond acceptors (Lipinski definition) is 5. The van der Waals surface area contributed by atoms with E-state index in [1.807, 2.05) is 0 Å². The molecular formula is C13H20N2O4S. The van der Waals surface area contributed by atoms with Crippen LogP contribution < -0.4 is 5.73 Å². The lowest BCUT2D eigenvalue weighted by molar-refractivity contribution is -0.0516. The first-order chi connectivity index (χ1) is 9.37. The maximum atomic E-state index is 12.8. The van der Waals surface area contributed by atoms with Crippen LogP contribution in [0, 0.1) is 6.92 Å². The summed E-state index contributed by atoms with van der Waals surface area (Å²) in [5, 5.41) is 9.16. The molecule has 0 saturated carbocycles. The molecule has 1 fully saturated rings. The van der Waals surface area contributed by atoms with Gasteiger partial charge < -0.3 is 15.6 Å². The molecule has 0 aromatic heterocycles. The van der Waals surface area contributed by atoms with Gasteiger partial charge in [-0.2, -0.15) is 4.31 Å². The van der Waals surface area contributed by atoms with Gasteiger partial charge >= 0.3 is 0 Å². The Bertz CT molecular complexity index is 588. The van der Waals surface area contributed by atoms with Gasteiger partial charge in [0.25, 0.3) is 0 Å². The van der Waals surface area contributed by atoms with Gasteiger partial charge in [0.2, 0.25) is 10.0 Å². The summed E-state index contributed by atoms with van der Waals surface area (Å²) in [6, 6.07) is 4.58. The molecule has 2 rings (SSSR count). The van der Waals surface area contributed by atoms with Crippen LogP contribution in [0.1, 0.15) is 12.5 Å². The number of nitrogen functional groups attached to an aromatic ring is 1. The number of sulfonamides is 1. The zero-order valence-corrected chi connectivity index (χ0v) is 12.4. The zero-order valence-electron chi connectivity index (χ0n) is 11.6. The molecule has 0 aliphatic carbocycles. The van der Waals surface area contributed by atoms with Crippen molar-refractivity contribution in [3.63, 3.8) is 0 Å². The fourth-order valence-electron chi connectivity index (χ4n) is 2.27. The first kappa shape index (κ1) is 15.2. The van der Waals surface area contributed by atoms with Crippen molar-refractivity contribution in [1.29, 1.82) is 0 Å². The number of ether oxygens (including phenoxy) is 1. The molecule has 1 saturated heterocycles. The van der Waals surface area contributed by atoms with Gasteiger partial charge in [0.1, 0.15) is 0 Å². The van der Waals surface area contributed by atoms with Crippen LogP contribution in [0.5, 0.6) is 0 Å². The van der Waals surface area contributed by atoms with E-state index in [0.717, 1.165) is 0 Å². The lowest BCUT2D eigenvalue weighted by atomic mass is 10.2. The fourth-order valence-corrected chi connectivity index (χ4v) is 4.18. The minimum absolute atomic E-state index is 0.147. The Balaban J connectivity index is 2.40. The van der Waals surface area contributed by atoms with E-state index in [2.05, 4.69) is 0 Å². The van der Waals surface area contributed by atoms with E-state index in [1.165, 1.54) is 4.31 Å². The molecule has 1 aromatic rings. The van der Waals surface area contributed by atoms with Crippen molar-refractivity contribution >= 4 is 15.7 Å². The number of aliphatic hydroxyl groups is 1. The second-order valence-corrected chi connectivity index (χ2v) is 6.89. The second-order valence-electron chi connectivity index (χ2n) is 5.03. The van der Waals surface area contributed by atoms with Crippen molar-refractivity contribution in [3.05, 3.63) is 23.8 Å². The Morgan fingerprint density at radius 2 is 2.20 bits per heavy atom. The summed E-state index contributed by atoms with van der Waals surface area (Å²) in [7, 11) is -3.65. The number of rotatable bonds is 3. The van der Waals surface area contributed by atoms with Crippen LogP contribution in [0.4, 0.5) is 5.69 Å². The Kier molecular flexibility index (Phi) is 4.33. The predicted molar refractivity (Wildman–Crippen MR) is 75.8 cm³/mol. The number of benzene rings is 1. The van der Waals surface area contributed by atoms with Crippen molar-refractivity contribution in [1.82, 2.24) is 4.31 Å². The molecule has 7 heteroatoms. The smallest absolute Gasteiger partial charge is 0.243 e. The number of anilines is 1. The minimum Gasteiger partial charge on any atom is -0.398 e. The molecule has 2 unspecified atom stereocenters. The van der Waals surface area contributed by atoms with E-state index in [1.54, 1.807) is 32.0 Å². The molecule has 0 spiro atoms. The van der Waals surface area contributed by atoms with E-state index in [-0.39, 0.29) is 30.7 Å². The van der Waals surface area contributed by atoms with E-state index in [4.69, 9.17) is 15.6 Å². The van der Waals surface area contributed by atoms with E-state index < -0.39 is 16.1 Å². The molecule has 1 aromatic carbocycles. The van der Waals surface area contributed by atoms with E-state index in [0.29, 0.717) is 11.3 Å². The Morgan fingerprint density at radius 3 is 2.85 bits per heavy atom. The van der Waals surface area contributed by atoms with Crippen LogP contribution in [-0.4, -0.2) is 49.7 Å². The van der Waals surface area contributed by atoms with Crippen LogP contribution in [-0.2, 0) is 14.8 Å². The van der Waals surface area contributed by atoms with Crippen molar-refractivity contribution in [3.8, 4) is 0 Å². The quantitative estimate of drug-likeness (QED) is 0.786. The molecule has 0 radical (unpaired) electrons. The standard InChI is InChI=1S/C13H20N2O4S/c1-9-8-19-11(7-16)6-15(9)20(17,18)13-5-3-4-12(14)10(13)2/h3-5,9,11,16H,6-8,14H2,1-2H3. The predicted octanol–water partition coefficient (Wildman–Crippen LogP) is 0.348. The lowest BCUT2D eigenvalue weighted by Gasteiger charge is -2.36. The summed E-state index contributed by atoms with van der Waals surface area (Å²) >= 11 is 0. The largest absolute Gasteiger partial charge is 0.398 e. The van der Waals surface area contributed by atoms with Crippen molar-refractivity contribution in [2.75, 3.05) is 25.5 Å². The number of morpholine rings is 1. The van der Waals surface area contributed by atoms with Gasteiger partial charge in [-0.1, -0.05) is 6.07 Å². The average molecular weight is 300 g/mol. The van der Waals surface area contributed by atoms with Gasteiger partial charge in [0.15, 0.2) is 0 Å². The van der Waals surface area contributed by atoms with Crippen LogP contribution in [0.25, 0.3) is 0 Å². The maximum Gasteiger partial charge on any atom is 0.243 e. The molecule has 0 bridgehead atoms. The van der Waals surface area contributed by atoms with Crippen molar-refractivity contribution in [2.45, 2.75) is 30.9 Å². The Morgan fingerprint density at radius 1 is 1.50 bits per heavy atom. The van der Waals surface area contributed by atoms with Crippen LogP contribution in [0.3, 0.4) is 0 Å². The molecule has 1 heterocycles. The summed E-state index contributed by atoms with van der Waals surface area (Å²) < 4.78 is 32.3. The molecule has 2 atom stereocenters. The van der Waals surface area contributed by atoms with Gasteiger partial charge in [-0.05, 0) is 31.5 Å². The third-order valence-electron chi connectivity index (χ3n) is 3.56. The van der Waals surface area contributed by atoms with E-state index >= 15 is 0 Å². The molecule has 6 nitrogen and oxygen atoms in total. The summed E-state index contributed by atoms with van der Waals surface area (Å²) in [5.74, 6) is 0. The van der Waals surface area contributed by atoms with Crippen LogP contribution in [0.15, 0.2) is 23.1 Å². The SMILES string of the molecule is Cc1c(N)cccc1S(=O)(=O)N1CC(CO)OCC1C. The zero-order chi connectivity index (χ0) is 14.9. The van der Waals surface area contributed by atoms with Crippen LogP contribution in [0.2, 0.25) is 0 Å². The van der Waals surface area contributed by atoms with Gasteiger partial charge in [-0.15, -0.1) is 0 Å². The highest BCUT2D eigenvalue weighted by atomic mass is 32.2. The monoisotopic (exact) mass is 300 g/mol. The number of aliphatic hydroxyl groups excluding tert-OH is 1. The van der Waals surface area contributed by atoms with Crippen LogP contribution >= 0.6 is 0 Å². The number of hydrogen-bond donors (Lipinski definition) is 2. The highest BCUT2D eigenvalue weighted by Crippen LogP contribution is 2.27. The molecule has 1 aliphatic heterocycles. The number of nitrogens with zero attached hydrogens (tertiary/aromatic N) is 1. The van der Waals surface area contributed by atoms with Crippen molar-refractivity contribution < 1.29 is 18.3 Å². The molecule has 20 heavy (non-hydrogen) atoms. The molecule has 112 valence electrons. The van der Waals surface area contributed by atoms with Crippen molar-refractivity contribution in [2.24, 2.45) is 0 Å². The number of nitrogens with two attached hydrogens (primary N) is 1. The topological polar surface area (TPSA) is 92.9 Å². The normalized spacial score (nSPS) is 24.8. The molecular weight excluding hydrogens is 280 g/mol. The van der Waals surface area contributed by atoms with Gasteiger partial charge in [-0.3, -0.25) is 0 Å². The molecule has 1 aliphatic rings.